The number of β-amino-alcohol motifs (C(OH)–C–C–N with tert-alkyl or cyclic N) is 1. The Hall–Kier alpha value is -1.50. The molecule has 1 aromatic carbocycles. The number of likely N-dealkylation sites (tertiary alicyclic amines) is 2. The molecular formula is C20H29ClN2O4. The molecule has 6 nitrogen and oxygen atoms in total. The molecule has 1 atom stereocenters. The number of piperidine rings is 2. The van der Waals surface area contributed by atoms with E-state index in [-0.39, 0.29) is 11.3 Å². The molecule has 1 unspecified atom stereocenters. The van der Waals surface area contributed by atoms with Crippen molar-refractivity contribution >= 4 is 17.5 Å². The van der Waals surface area contributed by atoms with Gasteiger partial charge in [0, 0.05) is 26.6 Å². The van der Waals surface area contributed by atoms with Gasteiger partial charge in [0.05, 0.1) is 25.3 Å². The monoisotopic (exact) mass is 396 g/mol. The number of rotatable bonds is 4. The summed E-state index contributed by atoms with van der Waals surface area (Å²) in [5.41, 5.74) is 1.12. The number of hydrogen-bond donors (Lipinski definition) is 1. The average Bonchev–Trinajstić information content (AvgIpc) is 2.62. The summed E-state index contributed by atoms with van der Waals surface area (Å²) in [6.45, 7) is 5.46. The number of aliphatic hydroxyl groups is 1. The van der Waals surface area contributed by atoms with Crippen molar-refractivity contribution in [2.45, 2.75) is 38.8 Å². The van der Waals surface area contributed by atoms with Gasteiger partial charge < -0.3 is 19.5 Å². The molecule has 1 amide bonds. The number of hydrogen-bond acceptors (Lipinski definition) is 5. The number of benzene rings is 1. The van der Waals surface area contributed by atoms with Crippen LogP contribution in [-0.4, -0.2) is 67.3 Å². The zero-order valence-corrected chi connectivity index (χ0v) is 17.1. The molecule has 0 aromatic heterocycles. The number of carbonyl (C=O) groups excluding carboxylic acids is 1. The van der Waals surface area contributed by atoms with E-state index in [9.17, 15) is 9.90 Å². The van der Waals surface area contributed by atoms with E-state index in [1.54, 1.807) is 26.0 Å². The minimum Gasteiger partial charge on any atom is -0.493 e. The third-order valence-electron chi connectivity index (χ3n) is 5.89. The number of halogens is 1. The zero-order valence-electron chi connectivity index (χ0n) is 16.3. The van der Waals surface area contributed by atoms with E-state index in [2.05, 4.69) is 4.90 Å². The summed E-state index contributed by atoms with van der Waals surface area (Å²) >= 11 is 6.32. The lowest BCUT2D eigenvalue weighted by atomic mass is 9.71. The number of carbonyl (C=O) groups is 1. The minimum absolute atomic E-state index is 0.0368. The molecule has 2 aliphatic rings. The van der Waals surface area contributed by atoms with Crippen molar-refractivity contribution in [3.63, 3.8) is 0 Å². The Morgan fingerprint density at radius 3 is 2.59 bits per heavy atom. The molecule has 1 aromatic rings. The molecule has 2 heterocycles. The highest BCUT2D eigenvalue weighted by Gasteiger charge is 2.42. The first-order valence-corrected chi connectivity index (χ1v) is 9.80. The van der Waals surface area contributed by atoms with Crippen molar-refractivity contribution in [3.05, 3.63) is 22.7 Å². The standard InChI is InChI=1S/C20H29ClN2O4/c1-14(24)23-12-16(25)10-20(13-23)4-6-22(7-5-20)11-15-8-17(21)19(27-3)18(9-15)26-2/h8-9,16,25H,4-7,10-13H2,1-3H3. The predicted molar refractivity (Wildman–Crippen MR) is 104 cm³/mol. The summed E-state index contributed by atoms with van der Waals surface area (Å²) in [5, 5.41) is 10.8. The summed E-state index contributed by atoms with van der Waals surface area (Å²) in [6.07, 6.45) is 2.33. The van der Waals surface area contributed by atoms with Crippen LogP contribution in [0, 0.1) is 5.41 Å². The molecule has 2 fully saturated rings. The van der Waals surface area contributed by atoms with E-state index in [0.29, 0.717) is 23.1 Å². The van der Waals surface area contributed by atoms with Gasteiger partial charge in [0.1, 0.15) is 0 Å². The fourth-order valence-corrected chi connectivity index (χ4v) is 4.77. The normalized spacial score (nSPS) is 22.7. The summed E-state index contributed by atoms with van der Waals surface area (Å²) in [5.74, 6) is 1.25. The van der Waals surface area contributed by atoms with Crippen LogP contribution in [-0.2, 0) is 11.3 Å². The minimum atomic E-state index is -0.418. The molecule has 2 aliphatic heterocycles. The SMILES string of the molecule is COc1cc(CN2CCC3(CC2)CC(O)CN(C(C)=O)C3)cc(Cl)c1OC. The summed E-state index contributed by atoms with van der Waals surface area (Å²) in [4.78, 5) is 16.0. The maximum Gasteiger partial charge on any atom is 0.219 e. The van der Waals surface area contributed by atoms with Gasteiger partial charge in [-0.3, -0.25) is 9.69 Å². The molecule has 7 heteroatoms. The second kappa shape index (κ2) is 8.25. The highest BCUT2D eigenvalue weighted by Crippen LogP contribution is 2.41. The summed E-state index contributed by atoms with van der Waals surface area (Å²) < 4.78 is 10.7. The fraction of sp³-hybridized carbons (Fsp3) is 0.650. The lowest BCUT2D eigenvalue weighted by molar-refractivity contribution is -0.138. The van der Waals surface area contributed by atoms with Crippen LogP contribution >= 0.6 is 11.6 Å². The van der Waals surface area contributed by atoms with Gasteiger partial charge in [-0.2, -0.15) is 0 Å². The fourth-order valence-electron chi connectivity index (χ4n) is 4.46. The lowest BCUT2D eigenvalue weighted by Gasteiger charge is -2.49. The molecular weight excluding hydrogens is 368 g/mol. The largest absolute Gasteiger partial charge is 0.493 e. The first-order valence-electron chi connectivity index (χ1n) is 9.42. The maximum absolute atomic E-state index is 11.8. The van der Waals surface area contributed by atoms with E-state index >= 15 is 0 Å². The topological polar surface area (TPSA) is 62.2 Å². The van der Waals surface area contributed by atoms with Crippen molar-refractivity contribution in [1.82, 2.24) is 9.80 Å². The smallest absolute Gasteiger partial charge is 0.219 e. The van der Waals surface area contributed by atoms with Gasteiger partial charge in [0.15, 0.2) is 11.5 Å². The van der Waals surface area contributed by atoms with Crippen LogP contribution in [0.2, 0.25) is 5.02 Å². The number of methoxy groups -OCH3 is 2. The van der Waals surface area contributed by atoms with Gasteiger partial charge in [-0.05, 0) is 55.5 Å². The van der Waals surface area contributed by atoms with Crippen LogP contribution in [0.5, 0.6) is 11.5 Å². The van der Waals surface area contributed by atoms with E-state index in [1.165, 1.54) is 0 Å². The number of aliphatic hydroxyl groups excluding tert-OH is 1. The van der Waals surface area contributed by atoms with Crippen molar-refractivity contribution in [3.8, 4) is 11.5 Å². The quantitative estimate of drug-likeness (QED) is 0.847. The van der Waals surface area contributed by atoms with E-state index in [0.717, 1.165) is 51.0 Å². The molecule has 3 rings (SSSR count). The molecule has 2 saturated heterocycles. The van der Waals surface area contributed by atoms with Crippen molar-refractivity contribution in [2.75, 3.05) is 40.4 Å². The molecule has 0 aliphatic carbocycles. The molecule has 27 heavy (non-hydrogen) atoms. The third kappa shape index (κ3) is 4.50. The maximum atomic E-state index is 11.8. The van der Waals surface area contributed by atoms with Crippen molar-refractivity contribution in [1.29, 1.82) is 0 Å². The van der Waals surface area contributed by atoms with Crippen LogP contribution in [0.25, 0.3) is 0 Å². The molecule has 1 N–H and O–H groups in total. The Morgan fingerprint density at radius 1 is 1.30 bits per heavy atom. The van der Waals surface area contributed by atoms with Gasteiger partial charge in [-0.1, -0.05) is 11.6 Å². The summed E-state index contributed by atoms with van der Waals surface area (Å²) in [7, 11) is 3.19. The Balaban J connectivity index is 1.64. The van der Waals surface area contributed by atoms with Crippen molar-refractivity contribution in [2.24, 2.45) is 5.41 Å². The first-order chi connectivity index (χ1) is 12.9. The second-order valence-corrected chi connectivity index (χ2v) is 8.25. The lowest BCUT2D eigenvalue weighted by Crippen LogP contribution is -2.54. The zero-order chi connectivity index (χ0) is 19.6. The van der Waals surface area contributed by atoms with Crippen molar-refractivity contribution < 1.29 is 19.4 Å². The van der Waals surface area contributed by atoms with E-state index in [1.807, 2.05) is 12.1 Å². The molecule has 1 spiro atoms. The van der Waals surface area contributed by atoms with Crippen LogP contribution in [0.3, 0.4) is 0 Å². The third-order valence-corrected chi connectivity index (χ3v) is 6.17. The van der Waals surface area contributed by atoms with Crippen LogP contribution in [0.1, 0.15) is 31.7 Å². The van der Waals surface area contributed by atoms with Gasteiger partial charge in [-0.25, -0.2) is 0 Å². The molecule has 0 saturated carbocycles. The van der Waals surface area contributed by atoms with Gasteiger partial charge >= 0.3 is 0 Å². The molecule has 150 valence electrons. The molecule has 0 radical (unpaired) electrons. The predicted octanol–water partition coefficient (Wildman–Crippen LogP) is 2.55. The Bertz CT molecular complexity index is 689. The number of amides is 1. The Morgan fingerprint density at radius 2 is 2.00 bits per heavy atom. The molecule has 0 bridgehead atoms. The van der Waals surface area contributed by atoms with Gasteiger partial charge in [0.2, 0.25) is 5.91 Å². The van der Waals surface area contributed by atoms with Crippen LogP contribution in [0.15, 0.2) is 12.1 Å². The van der Waals surface area contributed by atoms with E-state index < -0.39 is 6.10 Å². The Labute approximate surface area is 166 Å². The van der Waals surface area contributed by atoms with Gasteiger partial charge in [-0.15, -0.1) is 0 Å². The van der Waals surface area contributed by atoms with E-state index in [4.69, 9.17) is 21.1 Å². The van der Waals surface area contributed by atoms with Gasteiger partial charge in [0.25, 0.3) is 0 Å². The average molecular weight is 397 g/mol. The highest BCUT2D eigenvalue weighted by atomic mass is 35.5. The Kier molecular flexibility index (Phi) is 6.18. The number of ether oxygens (including phenoxy) is 2. The van der Waals surface area contributed by atoms with Crippen LogP contribution in [0.4, 0.5) is 0 Å². The first kappa shape index (κ1) is 20.2. The second-order valence-electron chi connectivity index (χ2n) is 7.85. The van der Waals surface area contributed by atoms with Crippen LogP contribution < -0.4 is 9.47 Å². The summed E-state index contributed by atoms with van der Waals surface area (Å²) in [6, 6.07) is 3.89. The highest BCUT2D eigenvalue weighted by molar-refractivity contribution is 6.32. The number of nitrogens with zero attached hydrogens (tertiary/aromatic N) is 2.